The maximum Gasteiger partial charge on any atom is 0.407 e. The van der Waals surface area contributed by atoms with Crippen molar-refractivity contribution in [2.45, 2.75) is 59.0 Å². The highest BCUT2D eigenvalue weighted by atomic mass is 16.6. The Morgan fingerprint density at radius 1 is 1.23 bits per heavy atom. The molecular weight excluding hydrogens is 280 g/mol. The summed E-state index contributed by atoms with van der Waals surface area (Å²) in [5, 5.41) is 5.89. The fraction of sp³-hybridized carbons (Fsp3) is 0.688. The van der Waals surface area contributed by atoms with Crippen molar-refractivity contribution in [1.82, 2.24) is 15.3 Å². The molecule has 1 rings (SSSR count). The lowest BCUT2D eigenvalue weighted by molar-refractivity contribution is 0.0530. The van der Waals surface area contributed by atoms with E-state index in [1.54, 1.807) is 6.33 Å². The minimum absolute atomic E-state index is 0.408. The van der Waals surface area contributed by atoms with Crippen LogP contribution in [0.4, 0.5) is 10.6 Å². The van der Waals surface area contributed by atoms with Gasteiger partial charge in [0.05, 0.1) is 0 Å². The van der Waals surface area contributed by atoms with Crippen LogP contribution in [-0.2, 0) is 4.74 Å². The van der Waals surface area contributed by atoms with Gasteiger partial charge in [-0.3, -0.25) is 0 Å². The Morgan fingerprint density at radius 3 is 2.50 bits per heavy atom. The highest BCUT2D eigenvalue weighted by Gasteiger charge is 2.15. The normalized spacial score (nSPS) is 11.4. The third kappa shape index (κ3) is 6.74. The molecule has 0 unspecified atom stereocenters. The summed E-state index contributed by atoms with van der Waals surface area (Å²) in [4.78, 5) is 20.0. The van der Waals surface area contributed by atoms with Crippen LogP contribution in [0.15, 0.2) is 12.4 Å². The highest BCUT2D eigenvalue weighted by molar-refractivity contribution is 5.67. The molecule has 0 aliphatic heterocycles. The van der Waals surface area contributed by atoms with E-state index in [0.29, 0.717) is 19.0 Å². The molecule has 0 bridgehead atoms. The molecule has 6 nitrogen and oxygen atoms in total. The predicted octanol–water partition coefficient (Wildman–Crippen LogP) is 3.32. The number of amides is 1. The van der Waals surface area contributed by atoms with E-state index in [0.717, 1.165) is 24.4 Å². The number of rotatable bonds is 7. The van der Waals surface area contributed by atoms with Crippen LogP contribution >= 0.6 is 0 Å². The molecule has 0 saturated heterocycles. The van der Waals surface area contributed by atoms with E-state index in [9.17, 15) is 4.79 Å². The van der Waals surface area contributed by atoms with Crippen molar-refractivity contribution in [2.24, 2.45) is 0 Å². The fourth-order valence-electron chi connectivity index (χ4n) is 2.07. The lowest BCUT2D eigenvalue weighted by atomic mass is 9.99. The minimum Gasteiger partial charge on any atom is -0.444 e. The van der Waals surface area contributed by atoms with Gasteiger partial charge in [-0.15, -0.1) is 0 Å². The van der Waals surface area contributed by atoms with Gasteiger partial charge in [0, 0.05) is 30.8 Å². The lowest BCUT2D eigenvalue weighted by Gasteiger charge is -2.19. The lowest BCUT2D eigenvalue weighted by Crippen LogP contribution is -2.35. The number of alkyl carbamates (subject to hydrolysis) is 1. The second kappa shape index (κ2) is 8.56. The van der Waals surface area contributed by atoms with Crippen LogP contribution in [0.25, 0.3) is 0 Å². The van der Waals surface area contributed by atoms with Crippen LogP contribution in [0.1, 0.15) is 59.1 Å². The summed E-state index contributed by atoms with van der Waals surface area (Å²) in [5.74, 6) is 1.24. The van der Waals surface area contributed by atoms with E-state index in [1.807, 2.05) is 26.8 Å². The molecule has 1 amide bonds. The van der Waals surface area contributed by atoms with Crippen LogP contribution < -0.4 is 10.6 Å². The maximum absolute atomic E-state index is 11.5. The van der Waals surface area contributed by atoms with E-state index in [1.165, 1.54) is 0 Å². The highest BCUT2D eigenvalue weighted by Crippen LogP contribution is 2.21. The van der Waals surface area contributed by atoms with Crippen molar-refractivity contribution in [3.05, 3.63) is 18.1 Å². The second-order valence-corrected chi connectivity index (χ2v) is 6.20. The molecular formula is C16H28N4O2. The van der Waals surface area contributed by atoms with Crippen molar-refractivity contribution < 1.29 is 9.53 Å². The van der Waals surface area contributed by atoms with Crippen LogP contribution in [0, 0.1) is 0 Å². The smallest absolute Gasteiger partial charge is 0.407 e. The first-order valence-corrected chi connectivity index (χ1v) is 7.88. The van der Waals surface area contributed by atoms with E-state index < -0.39 is 11.7 Å². The van der Waals surface area contributed by atoms with Crippen molar-refractivity contribution >= 4 is 11.9 Å². The zero-order valence-corrected chi connectivity index (χ0v) is 14.3. The average molecular weight is 308 g/mol. The Bertz CT molecular complexity index is 467. The van der Waals surface area contributed by atoms with Gasteiger partial charge in [0.2, 0.25) is 0 Å². The number of anilines is 1. The second-order valence-electron chi connectivity index (χ2n) is 6.20. The third-order valence-electron chi connectivity index (χ3n) is 3.19. The van der Waals surface area contributed by atoms with Crippen molar-refractivity contribution in [3.63, 3.8) is 0 Å². The molecule has 1 aromatic heterocycles. The van der Waals surface area contributed by atoms with Gasteiger partial charge in [0.15, 0.2) is 0 Å². The standard InChI is InChI=1S/C16H28N4O2/c1-6-12(7-2)13-10-14(20-11-19-13)17-8-9-18-15(21)22-16(3,4)5/h10-12H,6-9H2,1-5H3,(H,18,21)(H,17,19,20). The van der Waals surface area contributed by atoms with Gasteiger partial charge in [-0.1, -0.05) is 13.8 Å². The van der Waals surface area contributed by atoms with Crippen LogP contribution in [0.5, 0.6) is 0 Å². The van der Waals surface area contributed by atoms with E-state index in [4.69, 9.17) is 4.74 Å². The number of carbonyl (C=O) groups excluding carboxylic acids is 1. The first-order valence-electron chi connectivity index (χ1n) is 7.88. The summed E-state index contributed by atoms with van der Waals surface area (Å²) < 4.78 is 5.17. The summed E-state index contributed by atoms with van der Waals surface area (Å²) in [5.41, 5.74) is 0.580. The summed E-state index contributed by atoms with van der Waals surface area (Å²) in [7, 11) is 0. The zero-order valence-electron chi connectivity index (χ0n) is 14.3. The van der Waals surface area contributed by atoms with E-state index in [2.05, 4.69) is 34.4 Å². The summed E-state index contributed by atoms with van der Waals surface area (Å²) >= 11 is 0. The molecule has 0 atom stereocenters. The van der Waals surface area contributed by atoms with E-state index in [-0.39, 0.29) is 0 Å². The molecule has 0 aromatic carbocycles. The largest absolute Gasteiger partial charge is 0.444 e. The zero-order chi connectivity index (χ0) is 16.6. The number of ether oxygens (including phenoxy) is 1. The summed E-state index contributed by atoms with van der Waals surface area (Å²) in [6.07, 6.45) is 3.30. The molecule has 0 radical (unpaired) electrons. The first kappa shape index (κ1) is 18.2. The molecule has 22 heavy (non-hydrogen) atoms. The Morgan fingerprint density at radius 2 is 1.91 bits per heavy atom. The molecule has 1 aromatic rings. The minimum atomic E-state index is -0.478. The van der Waals surface area contributed by atoms with Crippen molar-refractivity contribution in [1.29, 1.82) is 0 Å². The number of carbonyl (C=O) groups is 1. The number of hydrogen-bond acceptors (Lipinski definition) is 5. The topological polar surface area (TPSA) is 76.1 Å². The molecule has 0 saturated carbocycles. The molecule has 1 heterocycles. The predicted molar refractivity (Wildman–Crippen MR) is 88.1 cm³/mol. The maximum atomic E-state index is 11.5. The van der Waals surface area contributed by atoms with Gasteiger partial charge >= 0.3 is 6.09 Å². The molecule has 0 aliphatic carbocycles. The van der Waals surface area contributed by atoms with Gasteiger partial charge in [-0.2, -0.15) is 0 Å². The molecule has 0 aliphatic rings. The van der Waals surface area contributed by atoms with Crippen molar-refractivity contribution in [3.8, 4) is 0 Å². The van der Waals surface area contributed by atoms with Gasteiger partial charge in [-0.05, 0) is 33.6 Å². The number of aromatic nitrogens is 2. The molecule has 0 spiro atoms. The SMILES string of the molecule is CCC(CC)c1cc(NCCNC(=O)OC(C)(C)C)ncn1. The first-order chi connectivity index (χ1) is 10.4. The van der Waals surface area contributed by atoms with Crippen LogP contribution in [-0.4, -0.2) is 34.8 Å². The van der Waals surface area contributed by atoms with Crippen molar-refractivity contribution in [2.75, 3.05) is 18.4 Å². The van der Waals surface area contributed by atoms with Gasteiger partial charge in [-0.25, -0.2) is 14.8 Å². The summed E-state index contributed by atoms with van der Waals surface area (Å²) in [6, 6.07) is 1.98. The Kier molecular flexibility index (Phi) is 7.08. The average Bonchev–Trinajstić information content (AvgIpc) is 2.44. The molecule has 0 fully saturated rings. The van der Waals surface area contributed by atoms with Crippen LogP contribution in [0.3, 0.4) is 0 Å². The Hall–Kier alpha value is -1.85. The monoisotopic (exact) mass is 308 g/mol. The van der Waals surface area contributed by atoms with Gasteiger partial charge < -0.3 is 15.4 Å². The summed E-state index contributed by atoms with van der Waals surface area (Å²) in [6.45, 7) is 10.9. The third-order valence-corrected chi connectivity index (χ3v) is 3.19. The number of nitrogens with one attached hydrogen (secondary N) is 2. The van der Waals surface area contributed by atoms with Gasteiger partial charge in [0.1, 0.15) is 17.7 Å². The molecule has 2 N–H and O–H groups in total. The Labute approximate surface area is 133 Å². The van der Waals surface area contributed by atoms with Crippen LogP contribution in [0.2, 0.25) is 0 Å². The van der Waals surface area contributed by atoms with E-state index >= 15 is 0 Å². The number of hydrogen-bond donors (Lipinski definition) is 2. The number of nitrogens with zero attached hydrogens (tertiary/aromatic N) is 2. The quantitative estimate of drug-likeness (QED) is 0.756. The fourth-order valence-corrected chi connectivity index (χ4v) is 2.07. The van der Waals surface area contributed by atoms with Gasteiger partial charge in [0.25, 0.3) is 0 Å². The molecule has 124 valence electrons. The Balaban J connectivity index is 2.39. The molecule has 6 heteroatoms.